The molecule has 1 aliphatic carbocycles. The highest BCUT2D eigenvalue weighted by Crippen LogP contribution is 2.24. The highest BCUT2D eigenvalue weighted by molar-refractivity contribution is 4.70. The maximum atomic E-state index is 8.87. The molecule has 0 aliphatic heterocycles. The number of aliphatic hydroxyl groups is 2. The van der Waals surface area contributed by atoms with Crippen molar-refractivity contribution >= 4 is 0 Å². The van der Waals surface area contributed by atoms with Crippen molar-refractivity contribution in [2.24, 2.45) is 5.92 Å². The molecule has 1 saturated carbocycles. The third-order valence-electron chi connectivity index (χ3n) is 3.07. The molecule has 0 aromatic heterocycles. The summed E-state index contributed by atoms with van der Waals surface area (Å²) >= 11 is 0. The fourth-order valence-corrected chi connectivity index (χ4v) is 2.31. The van der Waals surface area contributed by atoms with E-state index in [0.717, 1.165) is 12.5 Å². The maximum Gasteiger partial charge on any atom is 0.0558 e. The molecule has 0 heterocycles. The van der Waals surface area contributed by atoms with Crippen LogP contribution in [0, 0.1) is 5.92 Å². The molecule has 3 heteroatoms. The number of hydrogen-bond acceptors (Lipinski definition) is 3. The lowest BCUT2D eigenvalue weighted by molar-refractivity contribution is 0.134. The van der Waals surface area contributed by atoms with Crippen LogP contribution in [0.1, 0.15) is 32.1 Å². The largest absolute Gasteiger partial charge is 0.395 e. The molecule has 0 saturated heterocycles. The summed E-state index contributed by atoms with van der Waals surface area (Å²) in [5, 5.41) is 17.7. The predicted octanol–water partition coefficient (Wildman–Crippen LogP) is 0.853. The van der Waals surface area contributed by atoms with Gasteiger partial charge in [-0.15, -0.1) is 0 Å². The fourth-order valence-electron chi connectivity index (χ4n) is 2.31. The first-order chi connectivity index (χ1) is 6.86. The standard InChI is InChI=1S/C11H23NO2/c13-8-6-12(7-9-14)10-11-4-2-1-3-5-11/h11,13-14H,1-10H2. The van der Waals surface area contributed by atoms with Crippen LogP contribution in [0.2, 0.25) is 0 Å². The minimum absolute atomic E-state index is 0.201. The minimum atomic E-state index is 0.201. The van der Waals surface area contributed by atoms with E-state index in [4.69, 9.17) is 10.2 Å². The van der Waals surface area contributed by atoms with Gasteiger partial charge in [0.25, 0.3) is 0 Å². The molecule has 0 radical (unpaired) electrons. The molecule has 0 aromatic rings. The number of hydrogen-bond donors (Lipinski definition) is 2. The van der Waals surface area contributed by atoms with Gasteiger partial charge in [-0.1, -0.05) is 19.3 Å². The van der Waals surface area contributed by atoms with Crippen LogP contribution in [0.5, 0.6) is 0 Å². The molecule has 0 amide bonds. The summed E-state index contributed by atoms with van der Waals surface area (Å²) in [6.07, 6.45) is 6.75. The van der Waals surface area contributed by atoms with E-state index in [1.54, 1.807) is 0 Å². The first kappa shape index (κ1) is 12.0. The lowest BCUT2D eigenvalue weighted by atomic mass is 9.89. The van der Waals surface area contributed by atoms with Gasteiger partial charge in [0.15, 0.2) is 0 Å². The van der Waals surface area contributed by atoms with E-state index in [2.05, 4.69) is 4.90 Å². The molecule has 0 spiro atoms. The van der Waals surface area contributed by atoms with E-state index in [-0.39, 0.29) is 13.2 Å². The second kappa shape index (κ2) is 7.21. The molecule has 3 nitrogen and oxygen atoms in total. The molecule has 1 fully saturated rings. The Morgan fingerprint density at radius 2 is 1.50 bits per heavy atom. The first-order valence-electron chi connectivity index (χ1n) is 5.81. The number of nitrogens with zero attached hydrogens (tertiary/aromatic N) is 1. The van der Waals surface area contributed by atoms with E-state index in [1.807, 2.05) is 0 Å². The topological polar surface area (TPSA) is 43.7 Å². The number of aliphatic hydroxyl groups excluding tert-OH is 2. The SMILES string of the molecule is OCCN(CCO)CC1CCCCC1. The average Bonchev–Trinajstić information content (AvgIpc) is 2.20. The molecule has 1 aliphatic rings. The quantitative estimate of drug-likeness (QED) is 0.669. The Morgan fingerprint density at radius 3 is 2.00 bits per heavy atom. The molecule has 1 rings (SSSR count). The third-order valence-corrected chi connectivity index (χ3v) is 3.07. The van der Waals surface area contributed by atoms with Crippen LogP contribution in [0.25, 0.3) is 0 Å². The maximum absolute atomic E-state index is 8.87. The van der Waals surface area contributed by atoms with Crippen molar-refractivity contribution in [1.29, 1.82) is 0 Å². The normalized spacial score (nSPS) is 19.1. The first-order valence-corrected chi connectivity index (χ1v) is 5.81. The van der Waals surface area contributed by atoms with Gasteiger partial charge < -0.3 is 10.2 Å². The van der Waals surface area contributed by atoms with Crippen LogP contribution in [0.15, 0.2) is 0 Å². The second-order valence-electron chi connectivity index (χ2n) is 4.25. The summed E-state index contributed by atoms with van der Waals surface area (Å²) in [6, 6.07) is 0. The van der Waals surface area contributed by atoms with Crippen LogP contribution in [-0.2, 0) is 0 Å². The van der Waals surface area contributed by atoms with Gasteiger partial charge in [-0.05, 0) is 18.8 Å². The molecule has 0 bridgehead atoms. The summed E-state index contributed by atoms with van der Waals surface area (Å²) in [6.45, 7) is 2.87. The third kappa shape index (κ3) is 4.40. The van der Waals surface area contributed by atoms with Crippen molar-refractivity contribution in [2.75, 3.05) is 32.8 Å². The van der Waals surface area contributed by atoms with Crippen LogP contribution in [-0.4, -0.2) is 48.0 Å². The van der Waals surface area contributed by atoms with Crippen molar-refractivity contribution in [1.82, 2.24) is 4.90 Å². The Balaban J connectivity index is 2.21. The molecule has 0 atom stereocenters. The average molecular weight is 201 g/mol. The Bertz CT molecular complexity index is 129. The molecule has 0 aromatic carbocycles. The zero-order valence-electron chi connectivity index (χ0n) is 8.99. The molecular formula is C11H23NO2. The minimum Gasteiger partial charge on any atom is -0.395 e. The van der Waals surface area contributed by atoms with Gasteiger partial charge in [-0.25, -0.2) is 0 Å². The van der Waals surface area contributed by atoms with Gasteiger partial charge in [0.2, 0.25) is 0 Å². The lowest BCUT2D eigenvalue weighted by Crippen LogP contribution is -2.35. The van der Waals surface area contributed by atoms with E-state index < -0.39 is 0 Å². The summed E-state index contributed by atoms with van der Waals surface area (Å²) in [7, 11) is 0. The van der Waals surface area contributed by atoms with E-state index in [1.165, 1.54) is 32.1 Å². The Kier molecular flexibility index (Phi) is 6.15. The van der Waals surface area contributed by atoms with E-state index in [9.17, 15) is 0 Å². The Hall–Kier alpha value is -0.120. The van der Waals surface area contributed by atoms with Gasteiger partial charge >= 0.3 is 0 Å². The summed E-state index contributed by atoms with van der Waals surface area (Å²) in [4.78, 5) is 2.18. The van der Waals surface area contributed by atoms with Gasteiger partial charge in [-0.3, -0.25) is 4.90 Å². The van der Waals surface area contributed by atoms with Crippen molar-refractivity contribution in [3.63, 3.8) is 0 Å². The van der Waals surface area contributed by atoms with Gasteiger partial charge in [0.1, 0.15) is 0 Å². The van der Waals surface area contributed by atoms with Crippen LogP contribution in [0.4, 0.5) is 0 Å². The van der Waals surface area contributed by atoms with Crippen LogP contribution in [0.3, 0.4) is 0 Å². The molecule has 14 heavy (non-hydrogen) atoms. The molecule has 84 valence electrons. The van der Waals surface area contributed by atoms with Crippen molar-refractivity contribution in [3.05, 3.63) is 0 Å². The Labute approximate surface area is 86.7 Å². The summed E-state index contributed by atoms with van der Waals surface area (Å²) in [5.74, 6) is 0.793. The van der Waals surface area contributed by atoms with Crippen molar-refractivity contribution in [2.45, 2.75) is 32.1 Å². The zero-order valence-corrected chi connectivity index (χ0v) is 8.99. The number of rotatable bonds is 6. The van der Waals surface area contributed by atoms with E-state index >= 15 is 0 Å². The van der Waals surface area contributed by atoms with Crippen LogP contribution >= 0.6 is 0 Å². The monoisotopic (exact) mass is 201 g/mol. The smallest absolute Gasteiger partial charge is 0.0558 e. The van der Waals surface area contributed by atoms with Crippen molar-refractivity contribution < 1.29 is 10.2 Å². The predicted molar refractivity (Wildman–Crippen MR) is 57.2 cm³/mol. The molecule has 2 N–H and O–H groups in total. The summed E-state index contributed by atoms with van der Waals surface area (Å²) < 4.78 is 0. The fraction of sp³-hybridized carbons (Fsp3) is 1.00. The zero-order chi connectivity index (χ0) is 10.2. The highest BCUT2D eigenvalue weighted by atomic mass is 16.3. The van der Waals surface area contributed by atoms with E-state index in [0.29, 0.717) is 13.1 Å². The van der Waals surface area contributed by atoms with Crippen LogP contribution < -0.4 is 0 Å². The van der Waals surface area contributed by atoms with Gasteiger partial charge in [-0.2, -0.15) is 0 Å². The second-order valence-corrected chi connectivity index (χ2v) is 4.25. The lowest BCUT2D eigenvalue weighted by Gasteiger charge is -2.28. The Morgan fingerprint density at radius 1 is 0.929 bits per heavy atom. The molecular weight excluding hydrogens is 178 g/mol. The molecule has 0 unspecified atom stereocenters. The van der Waals surface area contributed by atoms with Gasteiger partial charge in [0.05, 0.1) is 13.2 Å². The highest BCUT2D eigenvalue weighted by Gasteiger charge is 2.16. The van der Waals surface area contributed by atoms with Crippen molar-refractivity contribution in [3.8, 4) is 0 Å². The van der Waals surface area contributed by atoms with Gasteiger partial charge in [0, 0.05) is 19.6 Å². The summed E-state index contributed by atoms with van der Waals surface area (Å²) in [5.41, 5.74) is 0.